The first-order chi connectivity index (χ1) is 10.1. The smallest absolute Gasteiger partial charge is 0.280 e. The average molecular weight is 301 g/mol. The molecule has 112 valence electrons. The van der Waals surface area contributed by atoms with Crippen molar-refractivity contribution in [3.63, 3.8) is 0 Å². The number of nitrogens with zero attached hydrogens (tertiary/aromatic N) is 3. The second-order valence-electron chi connectivity index (χ2n) is 5.42. The van der Waals surface area contributed by atoms with Crippen LogP contribution in [0.2, 0.25) is 0 Å². The zero-order valence-corrected chi connectivity index (χ0v) is 13.8. The lowest BCUT2D eigenvalue weighted by Crippen LogP contribution is -2.39. The first kappa shape index (κ1) is 15.7. The molecule has 1 aromatic heterocycles. The number of aromatic nitrogens is 2. The predicted octanol–water partition coefficient (Wildman–Crippen LogP) is 3.78. The second-order valence-corrected chi connectivity index (χ2v) is 5.81. The zero-order chi connectivity index (χ0) is 15.2. The van der Waals surface area contributed by atoms with E-state index in [1.165, 1.54) is 6.42 Å². The van der Waals surface area contributed by atoms with Gasteiger partial charge in [-0.25, -0.2) is 9.13 Å². The maximum absolute atomic E-state index is 5.59. The van der Waals surface area contributed by atoms with E-state index in [0.29, 0.717) is 11.1 Å². The number of benzene rings is 1. The fourth-order valence-electron chi connectivity index (χ4n) is 2.27. The molecule has 0 aliphatic carbocycles. The van der Waals surface area contributed by atoms with Gasteiger partial charge in [0, 0.05) is 5.04 Å². The molecule has 1 aromatic carbocycles. The van der Waals surface area contributed by atoms with Crippen molar-refractivity contribution in [2.24, 2.45) is 4.99 Å². The van der Waals surface area contributed by atoms with E-state index in [1.54, 1.807) is 0 Å². The Balaban J connectivity index is 2.40. The summed E-state index contributed by atoms with van der Waals surface area (Å²) in [6.07, 6.45) is 6.52. The molecule has 0 aliphatic heterocycles. The van der Waals surface area contributed by atoms with Crippen LogP contribution in [0.25, 0.3) is 0 Å². The van der Waals surface area contributed by atoms with Crippen LogP contribution in [0, 0.1) is 0 Å². The Hall–Kier alpha value is -1.68. The van der Waals surface area contributed by atoms with Crippen molar-refractivity contribution in [1.29, 1.82) is 0 Å². The molecule has 0 atom stereocenters. The SMILES string of the molecule is CCCC[n+]1ccn(C(C)C)c1C([S-])=Nc1ccccc1. The molecule has 3 nitrogen and oxygen atoms in total. The van der Waals surface area contributed by atoms with E-state index in [1.807, 2.05) is 30.3 Å². The lowest BCUT2D eigenvalue weighted by molar-refractivity contribution is -0.697. The number of unbranched alkanes of at least 4 members (excludes halogenated alkanes) is 1. The van der Waals surface area contributed by atoms with Gasteiger partial charge in [0.25, 0.3) is 5.82 Å². The van der Waals surface area contributed by atoms with Crippen LogP contribution in [-0.2, 0) is 19.2 Å². The number of para-hydroxylation sites is 1. The van der Waals surface area contributed by atoms with Crippen LogP contribution >= 0.6 is 0 Å². The van der Waals surface area contributed by atoms with Crippen LogP contribution in [0.15, 0.2) is 47.7 Å². The van der Waals surface area contributed by atoms with Gasteiger partial charge < -0.3 is 12.6 Å². The Morgan fingerprint density at radius 1 is 1.29 bits per heavy atom. The minimum atomic E-state index is 0.367. The van der Waals surface area contributed by atoms with Crippen LogP contribution in [0.5, 0.6) is 0 Å². The summed E-state index contributed by atoms with van der Waals surface area (Å²) in [5.74, 6) is 1.03. The highest BCUT2D eigenvalue weighted by atomic mass is 32.1. The van der Waals surface area contributed by atoms with Crippen molar-refractivity contribution in [1.82, 2.24) is 4.57 Å². The maximum Gasteiger partial charge on any atom is 0.280 e. The fraction of sp³-hybridized carbons (Fsp3) is 0.412. The van der Waals surface area contributed by atoms with Gasteiger partial charge in [-0.2, -0.15) is 0 Å². The number of aliphatic imine (C=N–C) groups is 1. The van der Waals surface area contributed by atoms with Crippen molar-refractivity contribution in [3.8, 4) is 0 Å². The van der Waals surface area contributed by atoms with Gasteiger partial charge in [0.1, 0.15) is 12.4 Å². The van der Waals surface area contributed by atoms with E-state index < -0.39 is 0 Å². The summed E-state index contributed by atoms with van der Waals surface area (Å²) in [6.45, 7) is 7.51. The highest BCUT2D eigenvalue weighted by Crippen LogP contribution is 2.14. The lowest BCUT2D eigenvalue weighted by Gasteiger charge is -2.13. The van der Waals surface area contributed by atoms with Gasteiger partial charge >= 0.3 is 0 Å². The topological polar surface area (TPSA) is 21.2 Å². The third kappa shape index (κ3) is 3.91. The standard InChI is InChI=1S/C17H23N3S/c1-4-5-11-19-12-13-20(14(2)3)17(19)16(21)18-15-9-7-6-8-10-15/h6-10,12-14H,4-5,11H2,1-3H3. The minimum Gasteiger partial charge on any atom is -0.752 e. The summed E-state index contributed by atoms with van der Waals surface area (Å²) < 4.78 is 4.42. The molecule has 2 aromatic rings. The van der Waals surface area contributed by atoms with E-state index in [2.05, 4.69) is 47.3 Å². The average Bonchev–Trinajstić information content (AvgIpc) is 2.90. The highest BCUT2D eigenvalue weighted by Gasteiger charge is 2.18. The number of hydrogen-bond donors (Lipinski definition) is 0. The third-order valence-corrected chi connectivity index (χ3v) is 3.68. The summed E-state index contributed by atoms with van der Waals surface area (Å²) >= 11 is 5.59. The maximum atomic E-state index is 5.59. The largest absolute Gasteiger partial charge is 0.752 e. The van der Waals surface area contributed by atoms with Crippen LogP contribution in [0.4, 0.5) is 5.69 Å². The molecule has 0 amide bonds. The van der Waals surface area contributed by atoms with Crippen molar-refractivity contribution in [2.75, 3.05) is 0 Å². The molecular weight excluding hydrogens is 278 g/mol. The van der Waals surface area contributed by atoms with Gasteiger partial charge in [-0.3, -0.25) is 4.99 Å². The van der Waals surface area contributed by atoms with Crippen LogP contribution in [0.1, 0.15) is 45.5 Å². The molecule has 0 radical (unpaired) electrons. The van der Waals surface area contributed by atoms with Gasteiger partial charge in [-0.05, 0) is 32.4 Å². The molecule has 1 heterocycles. The van der Waals surface area contributed by atoms with Gasteiger partial charge in [0.05, 0.1) is 18.3 Å². The Bertz CT molecular complexity index is 600. The quantitative estimate of drug-likeness (QED) is 0.344. The number of hydrogen-bond acceptors (Lipinski definition) is 2. The van der Waals surface area contributed by atoms with E-state index in [4.69, 9.17) is 12.6 Å². The Morgan fingerprint density at radius 2 is 2.00 bits per heavy atom. The van der Waals surface area contributed by atoms with E-state index >= 15 is 0 Å². The van der Waals surface area contributed by atoms with Crippen LogP contribution in [0.3, 0.4) is 0 Å². The molecule has 0 aliphatic rings. The fourth-order valence-corrected chi connectivity index (χ4v) is 2.60. The minimum absolute atomic E-state index is 0.367. The normalized spacial score (nSPS) is 12.1. The molecule has 0 fully saturated rings. The Labute approximate surface area is 132 Å². The van der Waals surface area contributed by atoms with Crippen molar-refractivity contribution in [2.45, 2.75) is 46.2 Å². The highest BCUT2D eigenvalue weighted by molar-refractivity contribution is 7.78. The van der Waals surface area contributed by atoms with Gasteiger partial charge in [-0.15, -0.1) is 0 Å². The predicted molar refractivity (Wildman–Crippen MR) is 89.9 cm³/mol. The molecule has 4 heteroatoms. The van der Waals surface area contributed by atoms with Crippen molar-refractivity contribution < 1.29 is 4.57 Å². The molecule has 21 heavy (non-hydrogen) atoms. The lowest BCUT2D eigenvalue weighted by atomic mass is 10.3. The Morgan fingerprint density at radius 3 is 2.62 bits per heavy atom. The summed E-state index contributed by atoms with van der Waals surface area (Å²) in [5.41, 5.74) is 0.904. The summed E-state index contributed by atoms with van der Waals surface area (Å²) in [5, 5.41) is 0.649. The summed E-state index contributed by atoms with van der Waals surface area (Å²) in [4.78, 5) is 4.60. The summed E-state index contributed by atoms with van der Waals surface area (Å²) in [6, 6.07) is 10.3. The van der Waals surface area contributed by atoms with Crippen LogP contribution in [-0.4, -0.2) is 9.61 Å². The molecule has 0 saturated carbocycles. The van der Waals surface area contributed by atoms with E-state index in [0.717, 1.165) is 24.5 Å². The monoisotopic (exact) mass is 301 g/mol. The molecule has 2 rings (SSSR count). The van der Waals surface area contributed by atoms with Crippen molar-refractivity contribution >= 4 is 23.4 Å². The Kier molecular flexibility index (Phi) is 5.51. The van der Waals surface area contributed by atoms with E-state index in [-0.39, 0.29) is 0 Å². The van der Waals surface area contributed by atoms with Crippen LogP contribution < -0.4 is 4.57 Å². The van der Waals surface area contributed by atoms with E-state index in [9.17, 15) is 0 Å². The first-order valence-corrected chi connectivity index (χ1v) is 7.95. The first-order valence-electron chi connectivity index (χ1n) is 7.55. The van der Waals surface area contributed by atoms with Gasteiger partial charge in [0.15, 0.2) is 0 Å². The molecule has 0 bridgehead atoms. The number of aryl methyl sites for hydroxylation is 1. The third-order valence-electron chi connectivity index (χ3n) is 3.41. The van der Waals surface area contributed by atoms with Gasteiger partial charge in [-0.1, -0.05) is 31.5 Å². The van der Waals surface area contributed by atoms with Crippen molar-refractivity contribution in [3.05, 3.63) is 48.5 Å². The van der Waals surface area contributed by atoms with Gasteiger partial charge in [0.2, 0.25) is 0 Å². The number of rotatable bonds is 6. The molecular formula is C17H23N3S. The molecule has 0 N–H and O–H groups in total. The summed E-state index contributed by atoms with van der Waals surface area (Å²) in [7, 11) is 0. The zero-order valence-electron chi connectivity index (χ0n) is 13.0. The number of imidazole rings is 1. The second kappa shape index (κ2) is 7.36. The molecule has 0 unspecified atom stereocenters. The molecule has 0 spiro atoms. The molecule has 0 saturated heterocycles.